The molecule has 0 radical (unpaired) electrons. The topological polar surface area (TPSA) is 43.8 Å². The number of nitrogens with zero attached hydrogens (tertiary/aromatic N) is 2. The molecular weight excluding hydrogens is 248 g/mol. The summed E-state index contributed by atoms with van der Waals surface area (Å²) in [6, 6.07) is 3.70. The van der Waals surface area contributed by atoms with Crippen molar-refractivity contribution >= 4 is 5.82 Å². The number of aromatic nitrogens is 2. The lowest BCUT2D eigenvalue weighted by atomic mass is 10.1. The first-order chi connectivity index (χ1) is 9.04. The van der Waals surface area contributed by atoms with Crippen molar-refractivity contribution in [3.05, 3.63) is 35.7 Å². The third kappa shape index (κ3) is 2.59. The third-order valence-electron chi connectivity index (χ3n) is 3.13. The van der Waals surface area contributed by atoms with Crippen LogP contribution in [0.5, 0.6) is 0 Å². The highest BCUT2D eigenvalue weighted by Crippen LogP contribution is 2.27. The van der Waals surface area contributed by atoms with E-state index in [-0.39, 0.29) is 0 Å². The minimum Gasteiger partial charge on any atom is -0.383 e. The van der Waals surface area contributed by atoms with E-state index >= 15 is 0 Å². The van der Waals surface area contributed by atoms with Crippen LogP contribution in [-0.4, -0.2) is 9.55 Å². The molecule has 0 atom stereocenters. The van der Waals surface area contributed by atoms with Crippen molar-refractivity contribution in [1.82, 2.24) is 9.55 Å². The van der Waals surface area contributed by atoms with Gasteiger partial charge >= 0.3 is 0 Å². The van der Waals surface area contributed by atoms with Crippen LogP contribution in [0, 0.1) is 18.6 Å². The molecule has 19 heavy (non-hydrogen) atoms. The van der Waals surface area contributed by atoms with Gasteiger partial charge in [-0.25, -0.2) is 13.8 Å². The van der Waals surface area contributed by atoms with Gasteiger partial charge in [-0.3, -0.25) is 0 Å². The van der Waals surface area contributed by atoms with Crippen LogP contribution in [0.25, 0.3) is 11.3 Å². The van der Waals surface area contributed by atoms with Crippen molar-refractivity contribution in [1.29, 1.82) is 0 Å². The molecule has 1 aromatic carbocycles. The van der Waals surface area contributed by atoms with Gasteiger partial charge in [0.1, 0.15) is 17.3 Å². The van der Waals surface area contributed by atoms with Crippen LogP contribution in [0.15, 0.2) is 18.2 Å². The van der Waals surface area contributed by atoms with Crippen LogP contribution < -0.4 is 5.73 Å². The van der Waals surface area contributed by atoms with Gasteiger partial charge in [0.15, 0.2) is 11.6 Å². The van der Waals surface area contributed by atoms with E-state index in [9.17, 15) is 8.78 Å². The summed E-state index contributed by atoms with van der Waals surface area (Å²) < 4.78 is 28.1. The summed E-state index contributed by atoms with van der Waals surface area (Å²) in [6.07, 6.45) is 2.05. The molecular formula is C14H17F2N3. The molecule has 0 aliphatic carbocycles. The van der Waals surface area contributed by atoms with Gasteiger partial charge in [0.05, 0.1) is 0 Å². The lowest BCUT2D eigenvalue weighted by Gasteiger charge is -2.06. The number of nitrogen functional groups attached to an aromatic ring is 1. The number of unbranched alkanes of at least 4 members (excludes halogenated alkanes) is 1. The van der Waals surface area contributed by atoms with Crippen molar-refractivity contribution in [2.24, 2.45) is 0 Å². The Morgan fingerprint density at radius 3 is 2.63 bits per heavy atom. The highest BCUT2D eigenvalue weighted by atomic mass is 19.2. The molecule has 2 aromatic rings. The average Bonchev–Trinajstić information content (AvgIpc) is 2.66. The Labute approximate surface area is 111 Å². The van der Waals surface area contributed by atoms with Gasteiger partial charge in [-0.15, -0.1) is 0 Å². The minimum atomic E-state index is -0.891. The standard InChI is InChI=1S/C14H17F2N3/c1-3-4-7-19-9(2)18-13(14(19)17)10-5-6-11(15)12(16)8-10/h5-6,8H,3-4,7,17H2,1-2H3. The molecule has 0 aliphatic rings. The Kier molecular flexibility index (Phi) is 3.83. The summed E-state index contributed by atoms with van der Waals surface area (Å²) in [6.45, 7) is 4.74. The molecule has 0 fully saturated rings. The summed E-state index contributed by atoms with van der Waals surface area (Å²) in [5.41, 5.74) is 7.05. The van der Waals surface area contributed by atoms with E-state index in [2.05, 4.69) is 11.9 Å². The third-order valence-corrected chi connectivity index (χ3v) is 3.13. The maximum atomic E-state index is 13.3. The van der Waals surface area contributed by atoms with E-state index in [1.54, 1.807) is 0 Å². The Morgan fingerprint density at radius 2 is 2.00 bits per heavy atom. The molecule has 0 aliphatic heterocycles. The molecule has 0 bridgehead atoms. The van der Waals surface area contributed by atoms with E-state index in [0.29, 0.717) is 17.1 Å². The number of rotatable bonds is 4. The zero-order valence-electron chi connectivity index (χ0n) is 11.1. The average molecular weight is 265 g/mol. The molecule has 2 N–H and O–H groups in total. The van der Waals surface area contributed by atoms with E-state index < -0.39 is 11.6 Å². The van der Waals surface area contributed by atoms with Gasteiger partial charge in [-0.1, -0.05) is 13.3 Å². The predicted molar refractivity (Wildman–Crippen MR) is 71.6 cm³/mol. The Balaban J connectivity index is 2.42. The maximum Gasteiger partial charge on any atom is 0.159 e. The van der Waals surface area contributed by atoms with Crippen LogP contribution in [0.3, 0.4) is 0 Å². The summed E-state index contributed by atoms with van der Waals surface area (Å²) in [5.74, 6) is -0.482. The number of benzene rings is 1. The molecule has 102 valence electrons. The molecule has 1 aromatic heterocycles. The number of halogens is 2. The monoisotopic (exact) mass is 265 g/mol. The molecule has 3 nitrogen and oxygen atoms in total. The van der Waals surface area contributed by atoms with Crippen LogP contribution in [0.2, 0.25) is 0 Å². The van der Waals surface area contributed by atoms with Gasteiger partial charge in [0.25, 0.3) is 0 Å². The van der Waals surface area contributed by atoms with Crippen molar-refractivity contribution in [3.63, 3.8) is 0 Å². The predicted octanol–water partition coefficient (Wildman–Crippen LogP) is 3.52. The molecule has 0 unspecified atom stereocenters. The number of hydrogen-bond acceptors (Lipinski definition) is 2. The van der Waals surface area contributed by atoms with Gasteiger partial charge in [-0.05, 0) is 31.5 Å². The second-order valence-electron chi connectivity index (χ2n) is 4.53. The maximum absolute atomic E-state index is 13.3. The fourth-order valence-corrected chi connectivity index (χ4v) is 2.04. The Bertz CT molecular complexity index is 591. The van der Waals surface area contributed by atoms with Crippen molar-refractivity contribution in [2.75, 3.05) is 5.73 Å². The molecule has 1 heterocycles. The van der Waals surface area contributed by atoms with Crippen molar-refractivity contribution in [2.45, 2.75) is 33.2 Å². The first-order valence-electron chi connectivity index (χ1n) is 6.32. The van der Waals surface area contributed by atoms with E-state index in [1.807, 2.05) is 11.5 Å². The second kappa shape index (κ2) is 5.38. The van der Waals surface area contributed by atoms with E-state index in [0.717, 1.165) is 37.3 Å². The smallest absolute Gasteiger partial charge is 0.159 e. The SMILES string of the molecule is CCCCn1c(C)nc(-c2ccc(F)c(F)c2)c1N. The highest BCUT2D eigenvalue weighted by Gasteiger charge is 2.14. The normalized spacial score (nSPS) is 10.9. The molecule has 2 rings (SSSR count). The fraction of sp³-hybridized carbons (Fsp3) is 0.357. The summed E-state index contributed by atoms with van der Waals surface area (Å²) >= 11 is 0. The van der Waals surface area contributed by atoms with Crippen LogP contribution >= 0.6 is 0 Å². The molecule has 0 amide bonds. The Hall–Kier alpha value is -1.91. The number of hydrogen-bond donors (Lipinski definition) is 1. The van der Waals surface area contributed by atoms with Crippen molar-refractivity contribution < 1.29 is 8.78 Å². The molecule has 0 saturated carbocycles. The van der Waals surface area contributed by atoms with Crippen LogP contribution in [0.4, 0.5) is 14.6 Å². The summed E-state index contributed by atoms with van der Waals surface area (Å²) in [7, 11) is 0. The highest BCUT2D eigenvalue weighted by molar-refractivity contribution is 5.71. The van der Waals surface area contributed by atoms with E-state index in [4.69, 9.17) is 5.73 Å². The molecule has 0 spiro atoms. The van der Waals surface area contributed by atoms with Crippen molar-refractivity contribution in [3.8, 4) is 11.3 Å². The van der Waals surface area contributed by atoms with Crippen LogP contribution in [0.1, 0.15) is 25.6 Å². The van der Waals surface area contributed by atoms with Crippen LogP contribution in [-0.2, 0) is 6.54 Å². The minimum absolute atomic E-state index is 0.495. The number of aryl methyl sites for hydroxylation is 1. The lowest BCUT2D eigenvalue weighted by molar-refractivity contribution is 0.509. The van der Waals surface area contributed by atoms with Gasteiger partial charge in [0.2, 0.25) is 0 Å². The molecule has 0 saturated heterocycles. The second-order valence-corrected chi connectivity index (χ2v) is 4.53. The van der Waals surface area contributed by atoms with E-state index in [1.165, 1.54) is 6.07 Å². The zero-order valence-corrected chi connectivity index (χ0v) is 11.1. The Morgan fingerprint density at radius 1 is 1.26 bits per heavy atom. The number of nitrogens with two attached hydrogens (primary N) is 1. The largest absolute Gasteiger partial charge is 0.383 e. The fourth-order valence-electron chi connectivity index (χ4n) is 2.04. The first-order valence-corrected chi connectivity index (χ1v) is 6.32. The lowest BCUT2D eigenvalue weighted by Crippen LogP contribution is -2.05. The number of imidazole rings is 1. The molecule has 5 heteroatoms. The zero-order chi connectivity index (χ0) is 14.0. The van der Waals surface area contributed by atoms with Gasteiger partial charge in [-0.2, -0.15) is 0 Å². The summed E-state index contributed by atoms with van der Waals surface area (Å²) in [4.78, 5) is 4.35. The quantitative estimate of drug-likeness (QED) is 0.919. The first kappa shape index (κ1) is 13.5. The van der Waals surface area contributed by atoms with Gasteiger partial charge < -0.3 is 10.3 Å². The number of anilines is 1. The summed E-state index contributed by atoms with van der Waals surface area (Å²) in [5, 5.41) is 0. The van der Waals surface area contributed by atoms with Gasteiger partial charge in [0, 0.05) is 12.1 Å².